The van der Waals surface area contributed by atoms with E-state index in [1.165, 1.54) is 44.1 Å². The van der Waals surface area contributed by atoms with Gasteiger partial charge in [-0.1, -0.05) is 0 Å². The zero-order valence-electron chi connectivity index (χ0n) is 18.4. The Morgan fingerprint density at radius 3 is 2.50 bits per heavy atom. The van der Waals surface area contributed by atoms with Gasteiger partial charge < -0.3 is 20.1 Å². The third kappa shape index (κ3) is 3.44. The topological polar surface area (TPSA) is 107 Å². The molecule has 32 heavy (non-hydrogen) atoms. The first kappa shape index (κ1) is 20.0. The van der Waals surface area contributed by atoms with Gasteiger partial charge in [0.1, 0.15) is 5.82 Å². The molecule has 3 fully saturated rings. The lowest BCUT2D eigenvalue weighted by atomic mass is 9.65. The Labute approximate surface area is 187 Å². The SMILES string of the molecule is Nc1nn(-c2ccn[nH]2)c2nc(N3CCOCC3)cc(C3CCC4(CCOCC4)CC3)c12. The Morgan fingerprint density at radius 2 is 1.78 bits per heavy atom. The third-order valence-corrected chi connectivity index (χ3v) is 7.77. The lowest BCUT2D eigenvalue weighted by Crippen LogP contribution is -2.37. The van der Waals surface area contributed by atoms with E-state index in [-0.39, 0.29) is 0 Å². The summed E-state index contributed by atoms with van der Waals surface area (Å²) in [6, 6.07) is 4.17. The number of rotatable bonds is 3. The second-order valence-corrected chi connectivity index (χ2v) is 9.49. The summed E-state index contributed by atoms with van der Waals surface area (Å²) in [4.78, 5) is 7.36. The molecular weight excluding hydrogens is 406 g/mol. The maximum atomic E-state index is 6.50. The minimum absolute atomic E-state index is 0.468. The molecule has 0 atom stereocenters. The molecule has 2 aliphatic heterocycles. The Bertz CT molecular complexity index is 1070. The van der Waals surface area contributed by atoms with Crippen LogP contribution >= 0.6 is 0 Å². The average molecular weight is 438 g/mol. The molecule has 3 N–H and O–H groups in total. The summed E-state index contributed by atoms with van der Waals surface area (Å²) in [6.07, 6.45) is 8.99. The van der Waals surface area contributed by atoms with Crippen LogP contribution in [0.3, 0.4) is 0 Å². The summed E-state index contributed by atoms with van der Waals surface area (Å²) in [5, 5.41) is 12.7. The van der Waals surface area contributed by atoms with Gasteiger partial charge in [-0.3, -0.25) is 5.10 Å². The van der Waals surface area contributed by atoms with Crippen molar-refractivity contribution in [1.82, 2.24) is 25.0 Å². The number of nitrogen functional groups attached to an aromatic ring is 1. The molecule has 6 rings (SSSR count). The minimum Gasteiger partial charge on any atom is -0.382 e. The van der Waals surface area contributed by atoms with E-state index < -0.39 is 0 Å². The zero-order valence-corrected chi connectivity index (χ0v) is 18.4. The van der Waals surface area contributed by atoms with Crippen LogP contribution in [0.5, 0.6) is 0 Å². The maximum Gasteiger partial charge on any atom is 0.169 e. The molecular formula is C23H31N7O2. The van der Waals surface area contributed by atoms with Gasteiger partial charge in [0.15, 0.2) is 17.3 Å². The molecule has 170 valence electrons. The van der Waals surface area contributed by atoms with Crippen LogP contribution < -0.4 is 10.6 Å². The number of ether oxygens (including phenoxy) is 2. The summed E-state index contributed by atoms with van der Waals surface area (Å²) in [5.74, 6) is 2.77. The van der Waals surface area contributed by atoms with Gasteiger partial charge in [0.2, 0.25) is 0 Å². The fraction of sp³-hybridized carbons (Fsp3) is 0.609. The van der Waals surface area contributed by atoms with Crippen LogP contribution in [0.2, 0.25) is 0 Å². The molecule has 3 aliphatic rings. The number of anilines is 2. The normalized spacial score (nSPS) is 22.1. The fourth-order valence-corrected chi connectivity index (χ4v) is 5.81. The molecule has 1 aliphatic carbocycles. The number of nitrogens with one attached hydrogen (secondary N) is 1. The molecule has 1 spiro atoms. The quantitative estimate of drug-likeness (QED) is 0.648. The molecule has 1 saturated carbocycles. The molecule has 2 saturated heterocycles. The molecule has 0 aromatic carbocycles. The third-order valence-electron chi connectivity index (χ3n) is 7.77. The van der Waals surface area contributed by atoms with Gasteiger partial charge in [-0.25, -0.2) is 4.98 Å². The molecule has 3 aromatic rings. The largest absolute Gasteiger partial charge is 0.382 e. The summed E-state index contributed by atoms with van der Waals surface area (Å²) >= 11 is 0. The van der Waals surface area contributed by atoms with Gasteiger partial charge in [-0.2, -0.15) is 9.78 Å². The van der Waals surface area contributed by atoms with E-state index in [4.69, 9.17) is 20.2 Å². The van der Waals surface area contributed by atoms with Gasteiger partial charge in [0.05, 0.1) is 24.8 Å². The summed E-state index contributed by atoms with van der Waals surface area (Å²) in [6.45, 7) is 4.97. The lowest BCUT2D eigenvalue weighted by Gasteiger charge is -2.43. The van der Waals surface area contributed by atoms with Gasteiger partial charge in [0.25, 0.3) is 0 Å². The number of nitrogens with zero attached hydrogens (tertiary/aromatic N) is 5. The van der Waals surface area contributed by atoms with E-state index in [2.05, 4.69) is 26.3 Å². The second kappa shape index (κ2) is 8.04. The Hall–Kier alpha value is -2.65. The van der Waals surface area contributed by atoms with E-state index in [1.807, 2.05) is 6.07 Å². The van der Waals surface area contributed by atoms with Crippen LogP contribution in [0.1, 0.15) is 50.0 Å². The highest BCUT2D eigenvalue weighted by Crippen LogP contribution is 2.50. The number of nitrogens with two attached hydrogens (primary N) is 1. The molecule has 0 unspecified atom stereocenters. The van der Waals surface area contributed by atoms with E-state index in [9.17, 15) is 0 Å². The smallest absolute Gasteiger partial charge is 0.169 e. The number of pyridine rings is 1. The van der Waals surface area contributed by atoms with Crippen molar-refractivity contribution in [3.05, 3.63) is 23.9 Å². The highest BCUT2D eigenvalue weighted by molar-refractivity contribution is 5.92. The zero-order chi connectivity index (χ0) is 21.5. The Morgan fingerprint density at radius 1 is 1.03 bits per heavy atom. The van der Waals surface area contributed by atoms with E-state index in [0.717, 1.165) is 62.2 Å². The second-order valence-electron chi connectivity index (χ2n) is 9.49. The number of morpholine rings is 1. The van der Waals surface area contributed by atoms with Gasteiger partial charge in [0, 0.05) is 32.4 Å². The van der Waals surface area contributed by atoms with Crippen molar-refractivity contribution in [3.8, 4) is 5.82 Å². The van der Waals surface area contributed by atoms with Crippen molar-refractivity contribution in [3.63, 3.8) is 0 Å². The van der Waals surface area contributed by atoms with E-state index in [0.29, 0.717) is 17.2 Å². The molecule has 9 heteroatoms. The van der Waals surface area contributed by atoms with Crippen molar-refractivity contribution in [2.24, 2.45) is 5.41 Å². The number of hydrogen-bond acceptors (Lipinski definition) is 7. The molecule has 0 bridgehead atoms. The van der Waals surface area contributed by atoms with Gasteiger partial charge >= 0.3 is 0 Å². The standard InChI is InChI=1S/C23H31N7O2/c24-21-20-17(16-1-4-23(5-2-16)6-11-31-12-7-23)15-19(29-9-13-32-14-10-29)26-22(20)30(28-21)18-3-8-25-27-18/h3,8,15-16H,1-2,4-7,9-14H2,(H2,24,28)(H,25,27). The van der Waals surface area contributed by atoms with Crippen LogP contribution in [0, 0.1) is 5.41 Å². The van der Waals surface area contributed by atoms with E-state index >= 15 is 0 Å². The van der Waals surface area contributed by atoms with Crippen molar-refractivity contribution in [1.29, 1.82) is 0 Å². The van der Waals surface area contributed by atoms with Crippen LogP contribution in [0.4, 0.5) is 11.6 Å². The average Bonchev–Trinajstić information content (AvgIpc) is 3.48. The van der Waals surface area contributed by atoms with Crippen molar-refractivity contribution in [2.75, 3.05) is 50.2 Å². The Kier molecular flexibility index (Phi) is 5.02. The minimum atomic E-state index is 0.468. The van der Waals surface area contributed by atoms with Crippen LogP contribution in [-0.4, -0.2) is 64.5 Å². The predicted molar refractivity (Wildman–Crippen MR) is 122 cm³/mol. The molecule has 0 radical (unpaired) electrons. The van der Waals surface area contributed by atoms with Crippen molar-refractivity contribution in [2.45, 2.75) is 44.4 Å². The Balaban J connectivity index is 1.42. The first-order valence-corrected chi connectivity index (χ1v) is 11.8. The van der Waals surface area contributed by atoms with Crippen molar-refractivity contribution < 1.29 is 9.47 Å². The molecule has 0 amide bonds. The van der Waals surface area contributed by atoms with Gasteiger partial charge in [-0.05, 0) is 61.5 Å². The lowest BCUT2D eigenvalue weighted by molar-refractivity contribution is -0.00757. The fourth-order valence-electron chi connectivity index (χ4n) is 5.81. The number of hydrogen-bond donors (Lipinski definition) is 2. The predicted octanol–water partition coefficient (Wildman–Crippen LogP) is 3.02. The van der Waals surface area contributed by atoms with Crippen LogP contribution in [0.15, 0.2) is 18.3 Å². The van der Waals surface area contributed by atoms with Crippen LogP contribution in [0.25, 0.3) is 16.9 Å². The number of aromatic amines is 1. The number of H-pyrrole nitrogens is 1. The molecule has 3 aromatic heterocycles. The summed E-state index contributed by atoms with van der Waals surface area (Å²) in [5.41, 5.74) is 9.07. The highest BCUT2D eigenvalue weighted by atomic mass is 16.5. The van der Waals surface area contributed by atoms with Crippen LogP contribution in [-0.2, 0) is 9.47 Å². The van der Waals surface area contributed by atoms with Gasteiger partial charge in [-0.15, -0.1) is 5.10 Å². The first-order valence-electron chi connectivity index (χ1n) is 11.8. The van der Waals surface area contributed by atoms with E-state index in [1.54, 1.807) is 10.9 Å². The first-order chi connectivity index (χ1) is 15.7. The molecule has 5 heterocycles. The summed E-state index contributed by atoms with van der Waals surface area (Å²) < 4.78 is 13.0. The molecule has 9 nitrogen and oxygen atoms in total. The number of fused-ring (bicyclic) bond motifs is 1. The highest BCUT2D eigenvalue weighted by Gasteiger charge is 2.38. The summed E-state index contributed by atoms with van der Waals surface area (Å²) in [7, 11) is 0. The van der Waals surface area contributed by atoms with Crippen molar-refractivity contribution >= 4 is 22.7 Å². The number of aromatic nitrogens is 5. The maximum absolute atomic E-state index is 6.50. The monoisotopic (exact) mass is 437 g/mol.